The van der Waals surface area contributed by atoms with Gasteiger partial charge in [-0.25, -0.2) is 21.2 Å². The molecule has 2 aliphatic heterocycles. The molecule has 2 fully saturated rings. The average Bonchev–Trinajstić information content (AvgIpc) is 3.89. The van der Waals surface area contributed by atoms with Gasteiger partial charge in [0.1, 0.15) is 5.82 Å². The van der Waals surface area contributed by atoms with Crippen LogP contribution >= 0.6 is 23.2 Å². The number of anilines is 1. The predicted molar refractivity (Wildman–Crippen MR) is 201 cm³/mol. The summed E-state index contributed by atoms with van der Waals surface area (Å²) in [4.78, 5) is 1.08. The molecule has 3 N–H and O–H groups in total. The Bertz CT molecular complexity index is 2220. The van der Waals surface area contributed by atoms with Crippen LogP contribution in [0.1, 0.15) is 50.7 Å². The van der Waals surface area contributed by atoms with Crippen LogP contribution in [0.4, 0.5) is 36.4 Å². The largest absolute Gasteiger partial charge is 0.421 e. The quantitative estimate of drug-likeness (QED) is 0.124. The van der Waals surface area contributed by atoms with Crippen LogP contribution < -0.4 is 10.2 Å². The van der Waals surface area contributed by atoms with E-state index in [-0.39, 0.29) is 29.6 Å². The van der Waals surface area contributed by atoms with Crippen LogP contribution in [0, 0.1) is 5.82 Å². The Morgan fingerprint density at radius 1 is 0.596 bits per heavy atom. The Morgan fingerprint density at radius 3 is 1.32 bits per heavy atom. The maximum atomic E-state index is 13.0. The van der Waals surface area contributed by atoms with Gasteiger partial charge in [-0.3, -0.25) is 0 Å². The second-order valence-corrected chi connectivity index (χ2v) is 18.2. The summed E-state index contributed by atoms with van der Waals surface area (Å²) in [5, 5.41) is 22.2. The monoisotopic (exact) mass is 886 g/mol. The van der Waals surface area contributed by atoms with E-state index in [0.717, 1.165) is 98.3 Å². The third kappa shape index (κ3) is 10.6. The molecule has 57 heavy (non-hydrogen) atoms. The lowest BCUT2D eigenvalue weighted by Crippen LogP contribution is -2.39. The highest BCUT2D eigenvalue weighted by Crippen LogP contribution is 2.41. The van der Waals surface area contributed by atoms with Crippen molar-refractivity contribution in [3.63, 3.8) is 0 Å². The lowest BCUT2D eigenvalue weighted by molar-refractivity contribution is -0.259. The van der Waals surface area contributed by atoms with Gasteiger partial charge in [-0.05, 0) is 124 Å². The molecule has 19 heteroatoms. The van der Waals surface area contributed by atoms with Crippen LogP contribution in [0.2, 0.25) is 10.0 Å². The summed E-state index contributed by atoms with van der Waals surface area (Å²) in [6, 6.07) is 14.9. The van der Waals surface area contributed by atoms with Gasteiger partial charge >= 0.3 is 12.4 Å². The first-order valence-electron chi connectivity index (χ1n) is 17.3. The molecule has 0 radical (unpaired) electrons. The first-order valence-corrected chi connectivity index (χ1v) is 21.0. The Balaban J connectivity index is 0.000000227. The molecule has 2 atom stereocenters. The van der Waals surface area contributed by atoms with E-state index < -0.39 is 60.2 Å². The molecule has 2 heterocycles. The molecule has 0 bridgehead atoms. The Kier molecular flexibility index (Phi) is 14.4. The number of alkyl halides is 6. The molecule has 4 aromatic carbocycles. The number of hydrogen-bond acceptors (Lipinski definition) is 8. The fourth-order valence-electron chi connectivity index (χ4n) is 5.70. The van der Waals surface area contributed by atoms with Crippen molar-refractivity contribution in [1.29, 1.82) is 0 Å². The van der Waals surface area contributed by atoms with Crippen molar-refractivity contribution >= 4 is 48.6 Å². The van der Waals surface area contributed by atoms with Crippen molar-refractivity contribution in [1.82, 2.24) is 5.32 Å². The minimum atomic E-state index is -4.92. The summed E-state index contributed by atoms with van der Waals surface area (Å²) in [7, 11) is -8.17. The second-order valence-electron chi connectivity index (χ2n) is 13.5. The van der Waals surface area contributed by atoms with Crippen molar-refractivity contribution < 1.29 is 57.8 Å². The van der Waals surface area contributed by atoms with E-state index in [4.69, 9.17) is 23.2 Å². The summed E-state index contributed by atoms with van der Waals surface area (Å²) in [5.74, 6) is -0.726. The van der Waals surface area contributed by atoms with Crippen molar-refractivity contribution in [2.24, 2.45) is 0 Å². The van der Waals surface area contributed by atoms with E-state index in [1.54, 1.807) is 12.1 Å². The van der Waals surface area contributed by atoms with Gasteiger partial charge < -0.3 is 20.4 Å². The number of sulfone groups is 2. The van der Waals surface area contributed by atoms with Crippen molar-refractivity contribution in [2.75, 3.05) is 31.1 Å². The summed E-state index contributed by atoms with van der Waals surface area (Å²) in [6.07, 6.45) is -4.91. The van der Waals surface area contributed by atoms with Crippen LogP contribution in [0.15, 0.2) is 105 Å². The fraction of sp³-hybridized carbons (Fsp3) is 0.368. The van der Waals surface area contributed by atoms with Gasteiger partial charge in [-0.1, -0.05) is 47.5 Å². The number of hydrogen-bond donors (Lipinski definition) is 3. The number of nitrogens with one attached hydrogen (secondary N) is 1. The Morgan fingerprint density at radius 2 is 0.982 bits per heavy atom. The van der Waals surface area contributed by atoms with E-state index >= 15 is 0 Å². The van der Waals surface area contributed by atoms with Crippen LogP contribution in [-0.2, 0) is 30.9 Å². The van der Waals surface area contributed by atoms with Gasteiger partial charge in [0.05, 0.1) is 29.6 Å². The van der Waals surface area contributed by atoms with Crippen LogP contribution in [0.25, 0.3) is 0 Å². The zero-order valence-corrected chi connectivity index (χ0v) is 33.6. The molecule has 0 saturated carbocycles. The SMILES string of the molecule is C1CCNC1.CC(O)(c1ccc(S(=O)(=O)c2ccc(F)cc2Cl)cc1)C(F)(F)F.CC(O)(c1ccc(S(=O)(=O)c2ccc(N3CCCC3)cc2Cl)cc1)C(F)(F)F. The van der Waals surface area contributed by atoms with Gasteiger partial charge in [0.2, 0.25) is 19.7 Å². The zero-order valence-electron chi connectivity index (χ0n) is 30.4. The molecular weight excluding hydrogens is 848 g/mol. The molecule has 0 aromatic heterocycles. The maximum Gasteiger partial charge on any atom is 0.421 e. The number of rotatable bonds is 7. The normalized spacial score (nSPS) is 17.1. The van der Waals surface area contributed by atoms with E-state index in [9.17, 15) is 57.8 Å². The van der Waals surface area contributed by atoms with E-state index in [0.29, 0.717) is 13.8 Å². The smallest absolute Gasteiger partial charge is 0.376 e. The van der Waals surface area contributed by atoms with Crippen molar-refractivity contribution in [3.8, 4) is 0 Å². The van der Waals surface area contributed by atoms with Gasteiger partial charge in [0.25, 0.3) is 0 Å². The van der Waals surface area contributed by atoms with Gasteiger partial charge in [-0.2, -0.15) is 26.3 Å². The molecule has 2 saturated heterocycles. The topological polar surface area (TPSA) is 124 Å². The highest BCUT2D eigenvalue weighted by molar-refractivity contribution is 7.92. The molecule has 0 amide bonds. The minimum Gasteiger partial charge on any atom is -0.376 e. The molecule has 4 aromatic rings. The lowest BCUT2D eigenvalue weighted by Gasteiger charge is -2.26. The van der Waals surface area contributed by atoms with Crippen LogP contribution in [0.5, 0.6) is 0 Å². The van der Waals surface area contributed by atoms with E-state index in [1.165, 1.54) is 32.0 Å². The molecule has 2 unspecified atom stereocenters. The number of halogens is 9. The summed E-state index contributed by atoms with van der Waals surface area (Å²) in [5.41, 5.74) is -6.33. The third-order valence-electron chi connectivity index (χ3n) is 9.37. The summed E-state index contributed by atoms with van der Waals surface area (Å²) >= 11 is 11.9. The summed E-state index contributed by atoms with van der Waals surface area (Å²) in [6.45, 7) is 5.43. The summed E-state index contributed by atoms with van der Waals surface area (Å²) < 4.78 is 141. The standard InChI is InChI=1S/C19H19ClF3NO3S.C15H11ClF4O3S.C4H9N/c1-18(25,19(21,22)23)13-4-7-15(8-5-13)28(26,27)17-9-6-14(12-16(17)20)24-10-2-3-11-24;1-14(21,15(18,19)20)9-2-5-11(6-3-9)24(22,23)13-7-4-10(17)8-12(13)16;1-2-4-5-3-1/h4-9,12,25H,2-3,10-11H2,1H3;2-8,21H,1H3;5H,1-4H2. The second kappa shape index (κ2) is 17.8. The number of aliphatic hydroxyl groups is 2. The molecule has 312 valence electrons. The number of nitrogens with zero attached hydrogens (tertiary/aromatic N) is 1. The van der Waals surface area contributed by atoms with Gasteiger partial charge in [0, 0.05) is 18.8 Å². The van der Waals surface area contributed by atoms with Gasteiger partial charge in [0.15, 0.2) is 11.2 Å². The highest BCUT2D eigenvalue weighted by Gasteiger charge is 2.52. The lowest BCUT2D eigenvalue weighted by atomic mass is 9.96. The first-order chi connectivity index (χ1) is 26.3. The molecule has 2 aliphatic rings. The Hall–Kier alpha value is -3.45. The average molecular weight is 888 g/mol. The first kappa shape index (κ1) is 46.2. The highest BCUT2D eigenvalue weighted by atomic mass is 35.5. The van der Waals surface area contributed by atoms with Crippen molar-refractivity contribution in [3.05, 3.63) is 112 Å². The minimum absolute atomic E-state index is 0.0516. The van der Waals surface area contributed by atoms with Crippen LogP contribution in [-0.4, -0.2) is 65.6 Å². The number of benzene rings is 4. The van der Waals surface area contributed by atoms with Crippen molar-refractivity contribution in [2.45, 2.75) is 82.7 Å². The van der Waals surface area contributed by atoms with E-state index in [2.05, 4.69) is 10.2 Å². The van der Waals surface area contributed by atoms with Gasteiger partial charge in [-0.15, -0.1) is 0 Å². The molecule has 0 aliphatic carbocycles. The Labute approximate surface area is 336 Å². The fourth-order valence-corrected chi connectivity index (χ4v) is 9.27. The predicted octanol–water partition coefficient (Wildman–Crippen LogP) is 8.99. The molecule has 0 spiro atoms. The third-order valence-corrected chi connectivity index (χ3v) is 13.9. The maximum absolute atomic E-state index is 13.0. The van der Waals surface area contributed by atoms with Crippen LogP contribution in [0.3, 0.4) is 0 Å². The molecule has 8 nitrogen and oxygen atoms in total. The molecule has 6 rings (SSSR count). The zero-order chi connectivity index (χ0) is 42.6. The molecular formula is C38H39Cl2F7N2O6S2. The van der Waals surface area contributed by atoms with E-state index in [1.807, 2.05) is 0 Å².